The molecule has 0 N–H and O–H groups in total. The van der Waals surface area contributed by atoms with E-state index in [2.05, 4.69) is 4.98 Å². The van der Waals surface area contributed by atoms with Gasteiger partial charge in [-0.25, -0.2) is 13.8 Å². The summed E-state index contributed by atoms with van der Waals surface area (Å²) in [6.07, 6.45) is 5.87. The molecule has 0 spiro atoms. The van der Waals surface area contributed by atoms with E-state index in [1.54, 1.807) is 12.5 Å². The standard InChI is InChI=1S/C14H12F2N2O2/c15-12-3-9(6-19)4-13(16)14(12)20-7-11-5-17-8-18(11)10-1-2-10/h3-6,8,10H,1-2,7H2. The molecule has 2 aromatic rings. The van der Waals surface area contributed by atoms with Crippen LogP contribution in [0, 0.1) is 11.6 Å². The van der Waals surface area contributed by atoms with Gasteiger partial charge in [-0.1, -0.05) is 0 Å². The molecule has 0 radical (unpaired) electrons. The van der Waals surface area contributed by atoms with Crippen molar-refractivity contribution in [3.8, 4) is 5.75 Å². The summed E-state index contributed by atoms with van der Waals surface area (Å²) in [6.45, 7) is 0.0325. The topological polar surface area (TPSA) is 44.1 Å². The van der Waals surface area contributed by atoms with Gasteiger partial charge in [-0.2, -0.15) is 0 Å². The van der Waals surface area contributed by atoms with Gasteiger partial charge in [0.05, 0.1) is 18.2 Å². The summed E-state index contributed by atoms with van der Waals surface area (Å²) in [6, 6.07) is 2.32. The van der Waals surface area contributed by atoms with Crippen molar-refractivity contribution < 1.29 is 18.3 Å². The van der Waals surface area contributed by atoms with Crippen molar-refractivity contribution in [2.75, 3.05) is 0 Å². The molecule has 1 saturated carbocycles. The van der Waals surface area contributed by atoms with Gasteiger partial charge in [0.15, 0.2) is 17.4 Å². The van der Waals surface area contributed by atoms with Gasteiger partial charge >= 0.3 is 0 Å². The number of carbonyl (C=O) groups excluding carboxylic acids is 1. The Morgan fingerprint density at radius 3 is 2.65 bits per heavy atom. The van der Waals surface area contributed by atoms with Crippen LogP contribution in [0.25, 0.3) is 0 Å². The Hall–Kier alpha value is -2.24. The van der Waals surface area contributed by atoms with Gasteiger partial charge in [-0.15, -0.1) is 0 Å². The van der Waals surface area contributed by atoms with Crippen LogP contribution in [0.5, 0.6) is 5.75 Å². The molecule has 4 nitrogen and oxygen atoms in total. The minimum Gasteiger partial charge on any atom is -0.481 e. The molecule has 0 unspecified atom stereocenters. The number of carbonyl (C=O) groups is 1. The van der Waals surface area contributed by atoms with E-state index >= 15 is 0 Å². The van der Waals surface area contributed by atoms with E-state index in [4.69, 9.17) is 4.74 Å². The fraction of sp³-hybridized carbons (Fsp3) is 0.286. The first-order valence-corrected chi connectivity index (χ1v) is 6.26. The highest BCUT2D eigenvalue weighted by Crippen LogP contribution is 2.36. The number of rotatable bonds is 5. The van der Waals surface area contributed by atoms with Crippen molar-refractivity contribution >= 4 is 6.29 Å². The first kappa shape index (κ1) is 12.8. The third-order valence-electron chi connectivity index (χ3n) is 3.21. The molecule has 6 heteroatoms. The molecular formula is C14H12F2N2O2. The van der Waals surface area contributed by atoms with E-state index in [0.717, 1.165) is 30.7 Å². The van der Waals surface area contributed by atoms with Crippen molar-refractivity contribution in [2.24, 2.45) is 0 Å². The minimum atomic E-state index is -0.885. The van der Waals surface area contributed by atoms with Crippen LogP contribution in [-0.2, 0) is 6.61 Å². The Labute approximate surface area is 114 Å². The van der Waals surface area contributed by atoms with Crippen LogP contribution in [0.4, 0.5) is 8.78 Å². The summed E-state index contributed by atoms with van der Waals surface area (Å²) in [4.78, 5) is 14.5. The van der Waals surface area contributed by atoms with Gasteiger partial charge in [-0.3, -0.25) is 4.79 Å². The zero-order chi connectivity index (χ0) is 14.1. The molecule has 104 valence electrons. The maximum absolute atomic E-state index is 13.7. The number of benzene rings is 1. The number of hydrogen-bond acceptors (Lipinski definition) is 3. The van der Waals surface area contributed by atoms with Crippen LogP contribution >= 0.6 is 0 Å². The molecule has 1 aliphatic carbocycles. The molecular weight excluding hydrogens is 266 g/mol. The monoisotopic (exact) mass is 278 g/mol. The highest BCUT2D eigenvalue weighted by atomic mass is 19.1. The third-order valence-corrected chi connectivity index (χ3v) is 3.21. The quantitative estimate of drug-likeness (QED) is 0.790. The largest absolute Gasteiger partial charge is 0.481 e. The molecule has 1 aromatic carbocycles. The maximum Gasteiger partial charge on any atom is 0.191 e. The number of imidazole rings is 1. The molecule has 1 aliphatic rings. The van der Waals surface area contributed by atoms with Crippen LogP contribution in [-0.4, -0.2) is 15.8 Å². The molecule has 0 amide bonds. The summed E-state index contributed by atoms with van der Waals surface area (Å²) in [5.41, 5.74) is 0.709. The lowest BCUT2D eigenvalue weighted by Gasteiger charge is -2.10. The average molecular weight is 278 g/mol. The summed E-state index contributed by atoms with van der Waals surface area (Å²) < 4.78 is 34.5. The van der Waals surface area contributed by atoms with Crippen LogP contribution < -0.4 is 4.74 Å². The molecule has 3 rings (SSSR count). The normalized spacial score (nSPS) is 14.3. The van der Waals surface area contributed by atoms with E-state index in [-0.39, 0.29) is 12.2 Å². The molecule has 1 fully saturated rings. The second-order valence-electron chi connectivity index (χ2n) is 4.74. The zero-order valence-corrected chi connectivity index (χ0v) is 10.6. The third kappa shape index (κ3) is 2.41. The summed E-state index contributed by atoms with van der Waals surface area (Å²) >= 11 is 0. The molecule has 0 bridgehead atoms. The SMILES string of the molecule is O=Cc1cc(F)c(OCc2cncn2C2CC2)c(F)c1. The summed E-state index contributed by atoms with van der Waals surface area (Å²) in [7, 11) is 0. The zero-order valence-electron chi connectivity index (χ0n) is 10.6. The number of nitrogens with zero attached hydrogens (tertiary/aromatic N) is 2. The highest BCUT2D eigenvalue weighted by molar-refractivity contribution is 5.75. The second kappa shape index (κ2) is 5.03. The van der Waals surface area contributed by atoms with Crippen molar-refractivity contribution in [3.05, 3.63) is 47.5 Å². The number of aldehydes is 1. The van der Waals surface area contributed by atoms with Crippen molar-refractivity contribution in [3.63, 3.8) is 0 Å². The van der Waals surface area contributed by atoms with E-state index in [9.17, 15) is 13.6 Å². The van der Waals surface area contributed by atoms with E-state index in [1.807, 2.05) is 4.57 Å². The molecule has 20 heavy (non-hydrogen) atoms. The van der Waals surface area contributed by atoms with Gasteiger partial charge < -0.3 is 9.30 Å². The summed E-state index contributed by atoms with van der Waals surface area (Å²) in [5.74, 6) is -2.24. The molecule has 1 aromatic heterocycles. The molecule has 1 heterocycles. The van der Waals surface area contributed by atoms with Gasteiger partial charge in [-0.05, 0) is 25.0 Å². The molecule has 0 atom stereocenters. The summed E-state index contributed by atoms with van der Waals surface area (Å²) in [5, 5.41) is 0. The van der Waals surface area contributed by atoms with E-state index < -0.39 is 17.4 Å². The van der Waals surface area contributed by atoms with Crippen LogP contribution in [0.2, 0.25) is 0 Å². The lowest BCUT2D eigenvalue weighted by atomic mass is 10.2. The fourth-order valence-electron chi connectivity index (χ4n) is 2.06. The van der Waals surface area contributed by atoms with Crippen molar-refractivity contribution in [1.29, 1.82) is 0 Å². The Kier molecular flexibility index (Phi) is 3.22. The lowest BCUT2D eigenvalue weighted by molar-refractivity contribution is 0.112. The Morgan fingerprint density at radius 2 is 2.05 bits per heavy atom. The lowest BCUT2D eigenvalue weighted by Crippen LogP contribution is -2.06. The van der Waals surface area contributed by atoms with Gasteiger partial charge in [0, 0.05) is 11.6 Å². The Bertz CT molecular complexity index is 627. The fourth-order valence-corrected chi connectivity index (χ4v) is 2.06. The van der Waals surface area contributed by atoms with Crippen LogP contribution in [0.15, 0.2) is 24.7 Å². The van der Waals surface area contributed by atoms with Gasteiger partial charge in [0.25, 0.3) is 0 Å². The van der Waals surface area contributed by atoms with Crippen molar-refractivity contribution in [2.45, 2.75) is 25.5 Å². The minimum absolute atomic E-state index is 0.0325. The maximum atomic E-state index is 13.7. The Balaban J connectivity index is 1.78. The molecule has 0 aliphatic heterocycles. The van der Waals surface area contributed by atoms with E-state index in [1.165, 1.54) is 0 Å². The Morgan fingerprint density at radius 1 is 1.35 bits per heavy atom. The number of ether oxygens (including phenoxy) is 1. The van der Waals surface area contributed by atoms with E-state index in [0.29, 0.717) is 12.3 Å². The first-order valence-electron chi connectivity index (χ1n) is 6.26. The smallest absolute Gasteiger partial charge is 0.191 e. The predicted molar refractivity (Wildman–Crippen MR) is 66.6 cm³/mol. The second-order valence-corrected chi connectivity index (χ2v) is 4.74. The van der Waals surface area contributed by atoms with Crippen LogP contribution in [0.1, 0.15) is 34.9 Å². The first-order chi connectivity index (χ1) is 9.69. The van der Waals surface area contributed by atoms with Crippen LogP contribution in [0.3, 0.4) is 0 Å². The van der Waals surface area contributed by atoms with Crippen molar-refractivity contribution in [1.82, 2.24) is 9.55 Å². The molecule has 0 saturated heterocycles. The average Bonchev–Trinajstić information content (AvgIpc) is 3.17. The predicted octanol–water partition coefficient (Wildman–Crippen LogP) is 2.89. The number of hydrogen-bond donors (Lipinski definition) is 0. The highest BCUT2D eigenvalue weighted by Gasteiger charge is 2.25. The number of halogens is 2. The van der Waals surface area contributed by atoms with Gasteiger partial charge in [0.2, 0.25) is 0 Å². The number of aromatic nitrogens is 2. The van der Waals surface area contributed by atoms with Gasteiger partial charge in [0.1, 0.15) is 12.9 Å².